The van der Waals surface area contributed by atoms with Gasteiger partial charge in [0.25, 0.3) is 0 Å². The van der Waals surface area contributed by atoms with Gasteiger partial charge >= 0.3 is 5.82 Å². The lowest BCUT2D eigenvalue weighted by molar-refractivity contribution is -0.392. The molecule has 2 aromatic rings. The van der Waals surface area contributed by atoms with Crippen LogP contribution in [-0.2, 0) is 13.1 Å². The zero-order valence-corrected chi connectivity index (χ0v) is 8.73. The number of aromatic nitrogens is 5. The monoisotopic (exact) mass is 239 g/mol. The highest BCUT2D eigenvalue weighted by Gasteiger charge is 2.15. The van der Waals surface area contributed by atoms with Gasteiger partial charge in [-0.15, -0.1) is 9.78 Å². The van der Waals surface area contributed by atoms with Gasteiger partial charge < -0.3 is 10.1 Å². The molecule has 2 aromatic heterocycles. The topological polar surface area (TPSA) is 91.7 Å². The van der Waals surface area contributed by atoms with Crippen LogP contribution in [0.5, 0.6) is 0 Å². The van der Waals surface area contributed by atoms with Crippen LogP contribution in [-0.4, -0.2) is 36.4 Å². The smallest absolute Gasteiger partial charge is 0.345 e. The van der Waals surface area contributed by atoms with Crippen molar-refractivity contribution in [1.29, 1.82) is 0 Å². The quantitative estimate of drug-likeness (QED) is 0.556. The normalized spacial score (nSPS) is 10.6. The molecule has 0 saturated carbocycles. The predicted molar refractivity (Wildman–Crippen MR) is 54.0 cm³/mol. The van der Waals surface area contributed by atoms with E-state index in [2.05, 4.69) is 15.4 Å². The predicted octanol–water partition coefficient (Wildman–Crippen LogP) is 0.401. The number of nitrogens with zero attached hydrogens (tertiary/aromatic N) is 6. The van der Waals surface area contributed by atoms with E-state index in [0.717, 1.165) is 0 Å². The van der Waals surface area contributed by atoms with E-state index in [9.17, 15) is 14.5 Å². The Bertz CT molecular complexity index is 522. The van der Waals surface area contributed by atoms with E-state index in [0.29, 0.717) is 5.69 Å². The minimum atomic E-state index is -0.537. The summed E-state index contributed by atoms with van der Waals surface area (Å²) in [6.07, 6.45) is 2.87. The molecule has 8 nitrogen and oxygen atoms in total. The Hall–Kier alpha value is -2.32. The molecule has 0 spiro atoms. The average Bonchev–Trinajstić information content (AvgIpc) is 2.89. The van der Waals surface area contributed by atoms with E-state index in [1.807, 2.05) is 0 Å². The Morgan fingerprint density at radius 3 is 3.06 bits per heavy atom. The maximum Gasteiger partial charge on any atom is 0.345 e. The summed E-state index contributed by atoms with van der Waals surface area (Å²) in [6.45, 7) is -0.283. The number of hydrogen-bond donors (Lipinski definition) is 0. The van der Waals surface area contributed by atoms with E-state index in [1.54, 1.807) is 0 Å². The minimum absolute atomic E-state index is 0.119. The van der Waals surface area contributed by atoms with Crippen molar-refractivity contribution in [3.05, 3.63) is 34.3 Å². The molecule has 0 amide bonds. The Kier molecular flexibility index (Phi) is 3.08. The molecule has 0 aliphatic carbocycles. The van der Waals surface area contributed by atoms with Crippen LogP contribution in [0.2, 0.25) is 0 Å². The molecular formula is C8H9FN6O2. The van der Waals surface area contributed by atoms with Crippen molar-refractivity contribution >= 4 is 5.82 Å². The maximum atomic E-state index is 12.0. The van der Waals surface area contributed by atoms with Crippen molar-refractivity contribution < 1.29 is 9.31 Å². The van der Waals surface area contributed by atoms with E-state index in [-0.39, 0.29) is 18.9 Å². The first-order chi connectivity index (χ1) is 8.20. The Morgan fingerprint density at radius 2 is 2.35 bits per heavy atom. The molecule has 0 atom stereocenters. The van der Waals surface area contributed by atoms with Gasteiger partial charge in [0.1, 0.15) is 12.4 Å². The summed E-state index contributed by atoms with van der Waals surface area (Å²) in [5.74, 6) is -0.120. The highest BCUT2D eigenvalue weighted by Crippen LogP contribution is 2.10. The van der Waals surface area contributed by atoms with Gasteiger partial charge in [0.05, 0.1) is 25.0 Å². The van der Waals surface area contributed by atoms with Crippen LogP contribution in [0.25, 0.3) is 0 Å². The Morgan fingerprint density at radius 1 is 1.53 bits per heavy atom. The van der Waals surface area contributed by atoms with Gasteiger partial charge in [0.15, 0.2) is 6.54 Å². The van der Waals surface area contributed by atoms with Gasteiger partial charge in [-0.2, -0.15) is 0 Å². The SMILES string of the molecule is O=[N+]([O-])c1ccnn1Cc1cn(CC[18F])nn1. The van der Waals surface area contributed by atoms with Crippen LogP contribution in [0.1, 0.15) is 5.69 Å². The first-order valence-corrected chi connectivity index (χ1v) is 4.82. The van der Waals surface area contributed by atoms with E-state index in [4.69, 9.17) is 0 Å². The van der Waals surface area contributed by atoms with Gasteiger partial charge in [0.2, 0.25) is 0 Å². The molecule has 9 heteroatoms. The third-order valence-corrected chi connectivity index (χ3v) is 2.09. The van der Waals surface area contributed by atoms with Crippen LogP contribution in [0.3, 0.4) is 0 Å². The van der Waals surface area contributed by atoms with E-state index >= 15 is 0 Å². The average molecular weight is 239 g/mol. The molecule has 0 N–H and O–H groups in total. The Balaban J connectivity index is 2.14. The van der Waals surface area contributed by atoms with Crippen molar-refractivity contribution in [3.63, 3.8) is 0 Å². The molecule has 0 aromatic carbocycles. The molecule has 17 heavy (non-hydrogen) atoms. The van der Waals surface area contributed by atoms with Gasteiger partial charge in [-0.05, 0) is 4.92 Å². The minimum Gasteiger partial charge on any atom is -0.358 e. The number of nitro groups is 1. The van der Waals surface area contributed by atoms with Gasteiger partial charge in [-0.1, -0.05) is 10.3 Å². The lowest BCUT2D eigenvalue weighted by Gasteiger charge is -1.96. The number of hydrogen-bond acceptors (Lipinski definition) is 5. The van der Waals surface area contributed by atoms with Gasteiger partial charge in [-0.25, -0.2) is 9.07 Å². The molecule has 0 aliphatic rings. The Labute approximate surface area is 94.8 Å². The molecule has 2 heterocycles. The fourth-order valence-electron chi connectivity index (χ4n) is 1.36. The number of alkyl halides is 1. The van der Waals surface area contributed by atoms with Crippen molar-refractivity contribution in [3.8, 4) is 0 Å². The van der Waals surface area contributed by atoms with Crippen LogP contribution >= 0.6 is 0 Å². The molecule has 0 aliphatic heterocycles. The largest absolute Gasteiger partial charge is 0.358 e. The summed E-state index contributed by atoms with van der Waals surface area (Å²) < 4.78 is 14.6. The molecule has 0 radical (unpaired) electrons. The lowest BCUT2D eigenvalue weighted by atomic mass is 10.4. The molecular weight excluding hydrogens is 230 g/mol. The van der Waals surface area contributed by atoms with Crippen LogP contribution in [0.15, 0.2) is 18.5 Å². The molecule has 90 valence electrons. The van der Waals surface area contributed by atoms with Crippen LogP contribution in [0.4, 0.5) is 10.2 Å². The van der Waals surface area contributed by atoms with E-state index < -0.39 is 11.6 Å². The maximum absolute atomic E-state index is 12.0. The van der Waals surface area contributed by atoms with Crippen LogP contribution < -0.4 is 0 Å². The highest BCUT2D eigenvalue weighted by molar-refractivity contribution is 5.17. The zero-order valence-electron chi connectivity index (χ0n) is 8.73. The first-order valence-electron chi connectivity index (χ1n) is 4.82. The fourth-order valence-corrected chi connectivity index (χ4v) is 1.36. The standard InChI is InChI=1S/C8H9FN6O2/c9-2-4-13-5-7(11-12-13)6-14-8(15(16)17)1-3-10-14/h1,3,5H,2,4,6H2/i9-1. The summed E-state index contributed by atoms with van der Waals surface area (Å²) in [5.41, 5.74) is 0.491. The van der Waals surface area contributed by atoms with Crippen molar-refractivity contribution in [2.45, 2.75) is 13.1 Å². The molecule has 0 unspecified atom stereocenters. The van der Waals surface area contributed by atoms with Crippen molar-refractivity contribution in [2.24, 2.45) is 0 Å². The number of aryl methyl sites for hydroxylation is 1. The summed E-state index contributed by atoms with van der Waals surface area (Å²) >= 11 is 0. The summed E-state index contributed by atoms with van der Waals surface area (Å²) in [6, 6.07) is 1.30. The highest BCUT2D eigenvalue weighted by atomic mass is 18.2. The third-order valence-electron chi connectivity index (χ3n) is 2.09. The van der Waals surface area contributed by atoms with Crippen LogP contribution in [0, 0.1) is 10.1 Å². The zero-order chi connectivity index (χ0) is 12.3. The summed E-state index contributed by atoms with van der Waals surface area (Å²) in [7, 11) is 0. The number of rotatable bonds is 5. The molecule has 0 bridgehead atoms. The first kappa shape index (κ1) is 11.2. The molecule has 0 fully saturated rings. The summed E-state index contributed by atoms with van der Waals surface area (Å²) in [5, 5.41) is 21.9. The second-order valence-electron chi connectivity index (χ2n) is 3.27. The second kappa shape index (κ2) is 4.68. The fraction of sp³-hybridized carbons (Fsp3) is 0.375. The number of halogens is 1. The molecule has 0 saturated heterocycles. The second-order valence-corrected chi connectivity index (χ2v) is 3.27. The third kappa shape index (κ3) is 2.44. The van der Waals surface area contributed by atoms with Crippen molar-refractivity contribution in [2.75, 3.05) is 6.67 Å². The van der Waals surface area contributed by atoms with E-state index in [1.165, 1.54) is 27.8 Å². The van der Waals surface area contributed by atoms with Gasteiger partial charge in [-0.3, -0.25) is 0 Å². The lowest BCUT2D eigenvalue weighted by Crippen LogP contribution is -2.06. The van der Waals surface area contributed by atoms with Gasteiger partial charge in [0, 0.05) is 0 Å². The van der Waals surface area contributed by atoms with Crippen molar-refractivity contribution in [1.82, 2.24) is 24.8 Å². The summed E-state index contributed by atoms with van der Waals surface area (Å²) in [4.78, 5) is 10.1. The molecule has 2 rings (SSSR count).